The van der Waals surface area contributed by atoms with Gasteiger partial charge in [-0.25, -0.2) is 0 Å². The van der Waals surface area contributed by atoms with E-state index >= 15 is 0 Å². The fourth-order valence-corrected chi connectivity index (χ4v) is 2.95. The summed E-state index contributed by atoms with van der Waals surface area (Å²) >= 11 is 0. The van der Waals surface area contributed by atoms with E-state index in [2.05, 4.69) is 4.98 Å². The fraction of sp³-hybridized carbons (Fsp3) is 0.412. The Labute approximate surface area is 128 Å². The molecular weight excluding hydrogens is 280 g/mol. The maximum absolute atomic E-state index is 12.7. The summed E-state index contributed by atoms with van der Waals surface area (Å²) in [6, 6.07) is 7.09. The molecule has 1 atom stereocenters. The molecule has 0 bridgehead atoms. The number of pyridine rings is 1. The molecule has 2 aromatic rings. The van der Waals surface area contributed by atoms with Gasteiger partial charge in [0.15, 0.2) is 0 Å². The lowest BCUT2D eigenvalue weighted by Crippen LogP contribution is -2.32. The van der Waals surface area contributed by atoms with Gasteiger partial charge in [0, 0.05) is 43.1 Å². The van der Waals surface area contributed by atoms with Gasteiger partial charge in [0.2, 0.25) is 5.56 Å². The lowest BCUT2D eigenvalue weighted by atomic mass is 10.0. The van der Waals surface area contributed by atoms with E-state index in [-0.39, 0.29) is 11.5 Å². The van der Waals surface area contributed by atoms with Crippen molar-refractivity contribution >= 4 is 16.8 Å². The number of ether oxygens (including phenoxy) is 1. The van der Waals surface area contributed by atoms with E-state index in [1.807, 2.05) is 25.1 Å². The third-order valence-electron chi connectivity index (χ3n) is 4.13. The lowest BCUT2D eigenvalue weighted by molar-refractivity contribution is 0.0768. The number of aromatic nitrogens is 1. The third-order valence-corrected chi connectivity index (χ3v) is 4.13. The number of aryl methyl sites for hydroxylation is 1. The first-order valence-electron chi connectivity index (χ1n) is 7.51. The molecule has 22 heavy (non-hydrogen) atoms. The van der Waals surface area contributed by atoms with Crippen LogP contribution in [0.1, 0.15) is 22.3 Å². The third kappa shape index (κ3) is 2.90. The number of carbonyl (C=O) groups is 1. The molecule has 0 unspecified atom stereocenters. The highest BCUT2D eigenvalue weighted by Gasteiger charge is 2.22. The van der Waals surface area contributed by atoms with Crippen molar-refractivity contribution in [2.45, 2.75) is 13.3 Å². The average molecular weight is 300 g/mol. The number of aromatic amines is 1. The monoisotopic (exact) mass is 300 g/mol. The second-order valence-electron chi connectivity index (χ2n) is 6.01. The largest absolute Gasteiger partial charge is 0.381 e. The van der Waals surface area contributed by atoms with Gasteiger partial charge >= 0.3 is 0 Å². The average Bonchev–Trinajstić information content (AvgIpc) is 2.99. The molecule has 0 radical (unpaired) electrons. The number of nitrogens with one attached hydrogen (secondary N) is 1. The Hall–Kier alpha value is -2.14. The molecule has 1 aromatic heterocycles. The van der Waals surface area contributed by atoms with E-state index in [1.165, 1.54) is 6.07 Å². The first kappa shape index (κ1) is 14.8. The number of fused-ring (bicyclic) bond motifs is 1. The Morgan fingerprint density at radius 1 is 1.41 bits per heavy atom. The van der Waals surface area contributed by atoms with Crippen molar-refractivity contribution in [3.05, 3.63) is 45.7 Å². The van der Waals surface area contributed by atoms with Gasteiger partial charge in [-0.1, -0.05) is 11.6 Å². The summed E-state index contributed by atoms with van der Waals surface area (Å²) in [7, 11) is 1.78. The minimum atomic E-state index is -0.252. The number of amides is 1. The standard InChI is InChI=1S/C17H20N2O3/c1-11-3-4-15-13(7-11)14(8-16(20)18-15)17(21)19(2)9-12-5-6-22-10-12/h3-4,7-8,12H,5-6,9-10H2,1-2H3,(H,18,20)/t12-/m1/s1. The van der Waals surface area contributed by atoms with Gasteiger partial charge < -0.3 is 14.6 Å². The van der Waals surface area contributed by atoms with Crippen LogP contribution in [0.15, 0.2) is 29.1 Å². The van der Waals surface area contributed by atoms with Crippen molar-refractivity contribution in [2.24, 2.45) is 5.92 Å². The summed E-state index contributed by atoms with van der Waals surface area (Å²) in [4.78, 5) is 29.0. The minimum absolute atomic E-state index is 0.117. The molecule has 5 heteroatoms. The maximum atomic E-state index is 12.7. The van der Waals surface area contributed by atoms with Gasteiger partial charge in [0.1, 0.15) is 0 Å². The zero-order valence-electron chi connectivity index (χ0n) is 12.9. The Bertz CT molecular complexity index is 760. The number of H-pyrrole nitrogens is 1. The highest BCUT2D eigenvalue weighted by Crippen LogP contribution is 2.20. The SMILES string of the molecule is Cc1ccc2[nH]c(=O)cc(C(=O)N(C)C[C@H]3CCOC3)c2c1. The molecule has 1 amide bonds. The Morgan fingerprint density at radius 2 is 2.23 bits per heavy atom. The van der Waals surface area contributed by atoms with Crippen LogP contribution in [0.2, 0.25) is 0 Å². The van der Waals surface area contributed by atoms with Gasteiger partial charge in [0.25, 0.3) is 5.91 Å². The number of carbonyl (C=O) groups excluding carboxylic acids is 1. The van der Waals surface area contributed by atoms with Crippen LogP contribution in [0.4, 0.5) is 0 Å². The Balaban J connectivity index is 1.95. The molecule has 0 saturated carbocycles. The van der Waals surface area contributed by atoms with Crippen LogP contribution < -0.4 is 5.56 Å². The minimum Gasteiger partial charge on any atom is -0.381 e. The fourth-order valence-electron chi connectivity index (χ4n) is 2.95. The normalized spacial score (nSPS) is 17.8. The van der Waals surface area contributed by atoms with Gasteiger partial charge in [-0.3, -0.25) is 9.59 Å². The van der Waals surface area contributed by atoms with E-state index in [9.17, 15) is 9.59 Å². The highest BCUT2D eigenvalue weighted by atomic mass is 16.5. The van der Waals surface area contributed by atoms with Crippen LogP contribution in [-0.2, 0) is 4.74 Å². The van der Waals surface area contributed by atoms with Crippen molar-refractivity contribution in [2.75, 3.05) is 26.8 Å². The molecule has 1 aromatic carbocycles. The summed E-state index contributed by atoms with van der Waals surface area (Å²) in [6.45, 7) is 4.09. The smallest absolute Gasteiger partial charge is 0.254 e. The summed E-state index contributed by atoms with van der Waals surface area (Å²) in [5, 5.41) is 0.791. The van der Waals surface area contributed by atoms with E-state index in [0.29, 0.717) is 30.1 Å². The van der Waals surface area contributed by atoms with Crippen LogP contribution in [0.5, 0.6) is 0 Å². The maximum Gasteiger partial charge on any atom is 0.254 e. The number of hydrogen-bond acceptors (Lipinski definition) is 3. The molecule has 0 spiro atoms. The molecule has 1 aliphatic rings. The van der Waals surface area contributed by atoms with Crippen molar-refractivity contribution < 1.29 is 9.53 Å². The molecule has 2 heterocycles. The summed E-state index contributed by atoms with van der Waals surface area (Å²) in [5.74, 6) is 0.262. The van der Waals surface area contributed by atoms with Crippen LogP contribution in [0.3, 0.4) is 0 Å². The predicted octanol–water partition coefficient (Wildman–Crippen LogP) is 1.95. The van der Waals surface area contributed by atoms with Crippen molar-refractivity contribution in [3.8, 4) is 0 Å². The number of benzene rings is 1. The van der Waals surface area contributed by atoms with E-state index < -0.39 is 0 Å². The predicted molar refractivity (Wildman–Crippen MR) is 85.2 cm³/mol. The number of hydrogen-bond donors (Lipinski definition) is 1. The Morgan fingerprint density at radius 3 is 2.95 bits per heavy atom. The zero-order valence-corrected chi connectivity index (χ0v) is 12.9. The van der Waals surface area contributed by atoms with Crippen LogP contribution in [-0.4, -0.2) is 42.6 Å². The van der Waals surface area contributed by atoms with Crippen LogP contribution in [0, 0.1) is 12.8 Å². The quantitative estimate of drug-likeness (QED) is 0.942. The lowest BCUT2D eigenvalue weighted by Gasteiger charge is -2.21. The molecule has 0 aliphatic carbocycles. The molecule has 1 aliphatic heterocycles. The molecule has 5 nitrogen and oxygen atoms in total. The Kier molecular flexibility index (Phi) is 3.98. The molecule has 3 rings (SSSR count). The van der Waals surface area contributed by atoms with Gasteiger partial charge in [-0.05, 0) is 25.5 Å². The molecule has 116 valence electrons. The summed E-state index contributed by atoms with van der Waals surface area (Å²) < 4.78 is 5.36. The second-order valence-corrected chi connectivity index (χ2v) is 6.01. The van der Waals surface area contributed by atoms with Crippen molar-refractivity contribution in [1.82, 2.24) is 9.88 Å². The first-order valence-corrected chi connectivity index (χ1v) is 7.51. The van der Waals surface area contributed by atoms with E-state index in [4.69, 9.17) is 4.74 Å². The van der Waals surface area contributed by atoms with Crippen molar-refractivity contribution in [3.63, 3.8) is 0 Å². The summed E-state index contributed by atoms with van der Waals surface area (Å²) in [6.07, 6.45) is 0.979. The summed E-state index contributed by atoms with van der Waals surface area (Å²) in [5.41, 5.74) is 1.96. The number of nitrogens with zero attached hydrogens (tertiary/aromatic N) is 1. The zero-order chi connectivity index (χ0) is 15.7. The van der Waals surface area contributed by atoms with Gasteiger partial charge in [0.05, 0.1) is 12.2 Å². The number of rotatable bonds is 3. The molecule has 1 saturated heterocycles. The highest BCUT2D eigenvalue weighted by molar-refractivity contribution is 6.06. The van der Waals surface area contributed by atoms with Gasteiger partial charge in [-0.2, -0.15) is 0 Å². The van der Waals surface area contributed by atoms with Crippen LogP contribution >= 0.6 is 0 Å². The molecule has 1 fully saturated rings. The van der Waals surface area contributed by atoms with Gasteiger partial charge in [-0.15, -0.1) is 0 Å². The second kappa shape index (κ2) is 5.93. The molecular formula is C17H20N2O3. The molecule has 1 N–H and O–H groups in total. The van der Waals surface area contributed by atoms with Crippen molar-refractivity contribution in [1.29, 1.82) is 0 Å². The van der Waals surface area contributed by atoms with E-state index in [0.717, 1.165) is 24.0 Å². The van der Waals surface area contributed by atoms with Crippen LogP contribution in [0.25, 0.3) is 10.9 Å². The topological polar surface area (TPSA) is 62.4 Å². The van der Waals surface area contributed by atoms with E-state index in [1.54, 1.807) is 11.9 Å². The first-order chi connectivity index (χ1) is 10.5.